The van der Waals surface area contributed by atoms with Crippen molar-refractivity contribution in [3.8, 4) is 5.69 Å². The first kappa shape index (κ1) is 17.4. The second kappa shape index (κ2) is 6.62. The molecule has 0 saturated carbocycles. The summed E-state index contributed by atoms with van der Waals surface area (Å²) in [6.45, 7) is 0. The van der Waals surface area contributed by atoms with Crippen LogP contribution in [0.25, 0.3) is 16.7 Å². The molecule has 1 N–H and O–H groups in total. The lowest BCUT2D eigenvalue weighted by Crippen LogP contribution is -2.37. The number of carbonyl (C=O) groups is 1. The highest BCUT2D eigenvalue weighted by Gasteiger charge is 2.15. The van der Waals surface area contributed by atoms with Gasteiger partial charge in [0.15, 0.2) is 0 Å². The lowest BCUT2D eigenvalue weighted by Gasteiger charge is -2.10. The van der Waals surface area contributed by atoms with Crippen molar-refractivity contribution in [2.24, 2.45) is 14.1 Å². The van der Waals surface area contributed by atoms with Crippen LogP contribution in [0.4, 0.5) is 5.69 Å². The van der Waals surface area contributed by atoms with Gasteiger partial charge < -0.3 is 5.32 Å². The number of nitrogens with zero attached hydrogens (tertiary/aromatic N) is 5. The number of imidazole rings is 1. The van der Waals surface area contributed by atoms with E-state index in [1.54, 1.807) is 10.9 Å². The summed E-state index contributed by atoms with van der Waals surface area (Å²) < 4.78 is 3.94. The van der Waals surface area contributed by atoms with Gasteiger partial charge in [0.05, 0.1) is 29.8 Å². The molecule has 3 heterocycles. The first-order valence-corrected chi connectivity index (χ1v) is 8.42. The second-order valence-electron chi connectivity index (χ2n) is 6.24. The van der Waals surface area contributed by atoms with E-state index in [0.717, 1.165) is 10.3 Å². The molecule has 0 atom stereocenters. The van der Waals surface area contributed by atoms with Gasteiger partial charge in [-0.25, -0.2) is 14.8 Å². The van der Waals surface area contributed by atoms with E-state index in [2.05, 4.69) is 15.3 Å². The Labute approximate surface area is 158 Å². The zero-order chi connectivity index (χ0) is 19.8. The summed E-state index contributed by atoms with van der Waals surface area (Å²) in [4.78, 5) is 45.4. The molecule has 0 radical (unpaired) electrons. The van der Waals surface area contributed by atoms with Gasteiger partial charge in [-0.05, 0) is 18.2 Å². The summed E-state index contributed by atoms with van der Waals surface area (Å²) >= 11 is 0. The molecule has 0 saturated heterocycles. The fourth-order valence-electron chi connectivity index (χ4n) is 2.99. The molecule has 1 amide bonds. The number of amides is 1. The van der Waals surface area contributed by atoms with Gasteiger partial charge in [-0.1, -0.05) is 18.2 Å². The molecular weight excluding hydrogens is 360 g/mol. The van der Waals surface area contributed by atoms with Gasteiger partial charge in [0.25, 0.3) is 11.5 Å². The van der Waals surface area contributed by atoms with Crippen LogP contribution in [-0.4, -0.2) is 29.6 Å². The van der Waals surface area contributed by atoms with Crippen LogP contribution in [0, 0.1) is 0 Å². The van der Waals surface area contributed by atoms with E-state index < -0.39 is 17.2 Å². The Bertz CT molecular complexity index is 1320. The van der Waals surface area contributed by atoms with Crippen LogP contribution in [0.3, 0.4) is 0 Å². The fourth-order valence-corrected chi connectivity index (χ4v) is 2.99. The molecule has 9 heteroatoms. The highest BCUT2D eigenvalue weighted by atomic mass is 16.2. The van der Waals surface area contributed by atoms with E-state index >= 15 is 0 Å². The van der Waals surface area contributed by atoms with Crippen LogP contribution in [0.5, 0.6) is 0 Å². The maximum Gasteiger partial charge on any atom is 0.332 e. The minimum atomic E-state index is -0.476. The average Bonchev–Trinajstić information content (AvgIpc) is 3.21. The van der Waals surface area contributed by atoms with Crippen LogP contribution in [0.15, 0.2) is 64.7 Å². The molecule has 4 rings (SSSR count). The standard InChI is InChI=1S/C19H16N6O3/c1-23-16-14(18(27)24(2)19(23)28)8-12(9-21-16)22-17(26)15-10-20-11-25(15)13-6-4-3-5-7-13/h3-11H,1-2H3,(H,22,26). The van der Waals surface area contributed by atoms with E-state index in [0.29, 0.717) is 11.4 Å². The summed E-state index contributed by atoms with van der Waals surface area (Å²) in [5.41, 5.74) is 0.782. The SMILES string of the molecule is Cn1c(=O)c2cc(NC(=O)c3cncn3-c3ccccc3)cnc2n(C)c1=O. The zero-order valence-corrected chi connectivity index (χ0v) is 15.2. The molecule has 0 bridgehead atoms. The Balaban J connectivity index is 1.72. The van der Waals surface area contributed by atoms with Crippen molar-refractivity contribution in [1.29, 1.82) is 0 Å². The molecule has 0 fully saturated rings. The molecule has 0 aliphatic carbocycles. The number of rotatable bonds is 3. The predicted molar refractivity (Wildman–Crippen MR) is 104 cm³/mol. The van der Waals surface area contributed by atoms with Crippen molar-refractivity contribution in [2.75, 3.05) is 5.32 Å². The van der Waals surface area contributed by atoms with Crippen LogP contribution >= 0.6 is 0 Å². The molecule has 0 spiro atoms. The van der Waals surface area contributed by atoms with Gasteiger partial charge in [-0.15, -0.1) is 0 Å². The van der Waals surface area contributed by atoms with Gasteiger partial charge in [-0.3, -0.25) is 23.3 Å². The Hall–Kier alpha value is -4.01. The highest BCUT2D eigenvalue weighted by molar-refractivity contribution is 6.03. The third kappa shape index (κ3) is 2.78. The quantitative estimate of drug-likeness (QED) is 0.576. The Morgan fingerprint density at radius 3 is 2.54 bits per heavy atom. The predicted octanol–water partition coefficient (Wildman–Crippen LogP) is 1.07. The molecule has 3 aromatic heterocycles. The third-order valence-corrected chi connectivity index (χ3v) is 4.46. The molecule has 4 aromatic rings. The van der Waals surface area contributed by atoms with E-state index in [1.807, 2.05) is 30.3 Å². The van der Waals surface area contributed by atoms with Gasteiger partial charge in [0, 0.05) is 19.8 Å². The van der Waals surface area contributed by atoms with Crippen LogP contribution < -0.4 is 16.6 Å². The monoisotopic (exact) mass is 376 g/mol. The lowest BCUT2D eigenvalue weighted by atomic mass is 10.3. The number of para-hydroxylation sites is 1. The van der Waals surface area contributed by atoms with Gasteiger partial charge in [0.1, 0.15) is 11.3 Å². The summed E-state index contributed by atoms with van der Waals surface area (Å²) in [6, 6.07) is 10.8. The van der Waals surface area contributed by atoms with E-state index in [9.17, 15) is 14.4 Å². The first-order valence-electron chi connectivity index (χ1n) is 8.42. The smallest absolute Gasteiger partial charge is 0.319 e. The van der Waals surface area contributed by atoms with E-state index in [-0.39, 0.29) is 11.0 Å². The van der Waals surface area contributed by atoms with Crippen molar-refractivity contribution in [1.82, 2.24) is 23.7 Å². The number of hydrogen-bond donors (Lipinski definition) is 1. The van der Waals surface area contributed by atoms with Crippen molar-refractivity contribution >= 4 is 22.6 Å². The molecule has 0 aliphatic rings. The average molecular weight is 376 g/mol. The summed E-state index contributed by atoms with van der Waals surface area (Å²) in [5, 5.41) is 2.96. The molecule has 140 valence electrons. The fraction of sp³-hybridized carbons (Fsp3) is 0.105. The molecule has 0 unspecified atom stereocenters. The van der Waals surface area contributed by atoms with Crippen molar-refractivity contribution in [2.45, 2.75) is 0 Å². The normalized spacial score (nSPS) is 10.9. The zero-order valence-electron chi connectivity index (χ0n) is 15.2. The number of aromatic nitrogens is 5. The number of anilines is 1. The third-order valence-electron chi connectivity index (χ3n) is 4.46. The largest absolute Gasteiger partial charge is 0.332 e. The number of pyridine rings is 1. The second-order valence-corrected chi connectivity index (χ2v) is 6.24. The molecule has 28 heavy (non-hydrogen) atoms. The Kier molecular flexibility index (Phi) is 4.11. The van der Waals surface area contributed by atoms with E-state index in [1.165, 1.54) is 37.1 Å². The summed E-state index contributed by atoms with van der Waals surface area (Å²) in [6.07, 6.45) is 4.41. The number of aryl methyl sites for hydroxylation is 1. The van der Waals surface area contributed by atoms with Crippen LogP contribution in [-0.2, 0) is 14.1 Å². The molecular formula is C19H16N6O3. The molecule has 0 aliphatic heterocycles. The first-order chi connectivity index (χ1) is 13.5. The van der Waals surface area contributed by atoms with Gasteiger partial charge in [0.2, 0.25) is 0 Å². The number of nitrogens with one attached hydrogen (secondary N) is 1. The van der Waals surface area contributed by atoms with Crippen LogP contribution in [0.1, 0.15) is 10.5 Å². The van der Waals surface area contributed by atoms with Gasteiger partial charge in [-0.2, -0.15) is 0 Å². The van der Waals surface area contributed by atoms with Crippen LogP contribution in [0.2, 0.25) is 0 Å². The Morgan fingerprint density at radius 2 is 1.79 bits per heavy atom. The number of benzene rings is 1. The van der Waals surface area contributed by atoms with Crippen molar-refractivity contribution in [3.63, 3.8) is 0 Å². The number of carbonyl (C=O) groups excluding carboxylic acids is 1. The minimum absolute atomic E-state index is 0.235. The lowest BCUT2D eigenvalue weighted by molar-refractivity contribution is 0.102. The highest BCUT2D eigenvalue weighted by Crippen LogP contribution is 2.15. The Morgan fingerprint density at radius 1 is 1.04 bits per heavy atom. The van der Waals surface area contributed by atoms with Crippen molar-refractivity contribution < 1.29 is 4.79 Å². The van der Waals surface area contributed by atoms with Crippen molar-refractivity contribution in [3.05, 3.63) is 81.7 Å². The minimum Gasteiger partial charge on any atom is -0.319 e. The molecule has 1 aromatic carbocycles. The summed E-state index contributed by atoms with van der Waals surface area (Å²) in [5.74, 6) is -0.399. The number of hydrogen-bond acceptors (Lipinski definition) is 5. The molecule has 9 nitrogen and oxygen atoms in total. The number of fused-ring (bicyclic) bond motifs is 1. The maximum absolute atomic E-state index is 12.7. The van der Waals surface area contributed by atoms with E-state index in [4.69, 9.17) is 0 Å². The van der Waals surface area contributed by atoms with Gasteiger partial charge >= 0.3 is 5.69 Å². The maximum atomic E-state index is 12.7. The topological polar surface area (TPSA) is 104 Å². The summed E-state index contributed by atoms with van der Waals surface area (Å²) in [7, 11) is 2.93.